The molecule has 1 aliphatic heterocycles. The van der Waals surface area contributed by atoms with Crippen molar-refractivity contribution in [1.29, 1.82) is 0 Å². The maximum absolute atomic E-state index is 5.96. The molecular formula is C14H17BrN4O. The molecule has 20 heavy (non-hydrogen) atoms. The first-order chi connectivity index (χ1) is 9.54. The van der Waals surface area contributed by atoms with Gasteiger partial charge in [-0.3, -0.25) is 0 Å². The Kier molecular flexibility index (Phi) is 3.41. The van der Waals surface area contributed by atoms with E-state index in [1.54, 1.807) is 0 Å². The molecule has 1 aromatic heterocycles. The zero-order valence-electron chi connectivity index (χ0n) is 11.5. The molecule has 0 aliphatic carbocycles. The first kappa shape index (κ1) is 13.4. The summed E-state index contributed by atoms with van der Waals surface area (Å²) in [4.78, 5) is 0. The summed E-state index contributed by atoms with van der Waals surface area (Å²) < 4.78 is 8.90. The van der Waals surface area contributed by atoms with Crippen LogP contribution >= 0.6 is 15.9 Å². The van der Waals surface area contributed by atoms with Gasteiger partial charge in [-0.2, -0.15) is 0 Å². The Bertz CT molecular complexity index is 638. The van der Waals surface area contributed by atoms with Crippen LogP contribution in [0.4, 0.5) is 5.82 Å². The Hall–Kier alpha value is -1.56. The third-order valence-electron chi connectivity index (χ3n) is 3.49. The molecule has 1 unspecified atom stereocenters. The predicted octanol–water partition coefficient (Wildman–Crippen LogP) is 2.75. The molecule has 0 amide bonds. The van der Waals surface area contributed by atoms with Crippen molar-refractivity contribution < 1.29 is 4.74 Å². The Morgan fingerprint density at radius 2 is 2.30 bits per heavy atom. The van der Waals surface area contributed by atoms with E-state index in [0.29, 0.717) is 18.3 Å². The van der Waals surface area contributed by atoms with E-state index in [-0.39, 0.29) is 6.10 Å². The molecule has 0 radical (unpaired) electrons. The highest BCUT2D eigenvalue weighted by molar-refractivity contribution is 9.10. The molecule has 5 nitrogen and oxygen atoms in total. The largest absolute Gasteiger partial charge is 0.488 e. The van der Waals surface area contributed by atoms with Gasteiger partial charge in [-0.15, -0.1) is 5.10 Å². The van der Waals surface area contributed by atoms with Crippen molar-refractivity contribution in [2.45, 2.75) is 38.8 Å². The van der Waals surface area contributed by atoms with Gasteiger partial charge in [0, 0.05) is 10.9 Å². The lowest BCUT2D eigenvalue weighted by Gasteiger charge is -2.14. The normalized spacial score (nSPS) is 17.3. The maximum atomic E-state index is 5.96. The molecule has 2 N–H and O–H groups in total. The third kappa shape index (κ3) is 2.40. The minimum absolute atomic E-state index is 0.0814. The number of nitrogen functional groups attached to an aromatic ring is 1. The molecule has 1 aliphatic rings. The van der Waals surface area contributed by atoms with E-state index >= 15 is 0 Å². The van der Waals surface area contributed by atoms with Crippen LogP contribution in [0.2, 0.25) is 0 Å². The number of rotatable bonds is 3. The van der Waals surface area contributed by atoms with Crippen molar-refractivity contribution in [3.05, 3.63) is 33.9 Å². The number of aromatic nitrogens is 3. The summed E-state index contributed by atoms with van der Waals surface area (Å²) in [6.07, 6.45) is 0.962. The van der Waals surface area contributed by atoms with Crippen molar-refractivity contribution in [1.82, 2.24) is 15.0 Å². The van der Waals surface area contributed by atoms with Crippen LogP contribution < -0.4 is 10.5 Å². The molecule has 1 aromatic carbocycles. The van der Waals surface area contributed by atoms with E-state index in [0.717, 1.165) is 22.3 Å². The quantitative estimate of drug-likeness (QED) is 0.935. The summed E-state index contributed by atoms with van der Waals surface area (Å²) in [6, 6.07) is 6.10. The number of fused-ring (bicyclic) bond motifs is 1. The van der Waals surface area contributed by atoms with E-state index in [1.807, 2.05) is 16.8 Å². The van der Waals surface area contributed by atoms with E-state index in [1.165, 1.54) is 5.56 Å². The molecule has 0 bridgehead atoms. The molecule has 3 rings (SSSR count). The van der Waals surface area contributed by atoms with Crippen LogP contribution in [0, 0.1) is 0 Å². The monoisotopic (exact) mass is 336 g/mol. The lowest BCUT2D eigenvalue weighted by atomic mass is 10.1. The van der Waals surface area contributed by atoms with Gasteiger partial charge in [-0.05, 0) is 29.7 Å². The second kappa shape index (κ2) is 5.09. The smallest absolute Gasteiger partial charge is 0.169 e. The van der Waals surface area contributed by atoms with Gasteiger partial charge >= 0.3 is 0 Å². The topological polar surface area (TPSA) is 66.0 Å². The third-order valence-corrected chi connectivity index (χ3v) is 3.98. The van der Waals surface area contributed by atoms with Crippen molar-refractivity contribution >= 4 is 21.7 Å². The standard InChI is InChI=1S/C14H17BrN4O/c1-8(2)13-14(16)17-18-19(13)7-11-6-9-5-10(15)3-4-12(9)20-11/h3-5,8,11H,6-7,16H2,1-2H3. The van der Waals surface area contributed by atoms with Crippen molar-refractivity contribution in [3.63, 3.8) is 0 Å². The van der Waals surface area contributed by atoms with Crippen LogP contribution in [-0.4, -0.2) is 21.1 Å². The van der Waals surface area contributed by atoms with Crippen LogP contribution in [0.25, 0.3) is 0 Å². The maximum Gasteiger partial charge on any atom is 0.169 e. The fourth-order valence-corrected chi connectivity index (χ4v) is 3.05. The average molecular weight is 337 g/mol. The molecule has 2 heterocycles. The molecule has 106 valence electrons. The molecule has 6 heteroatoms. The first-order valence-electron chi connectivity index (χ1n) is 6.68. The summed E-state index contributed by atoms with van der Waals surface area (Å²) in [5, 5.41) is 8.10. The highest BCUT2D eigenvalue weighted by atomic mass is 79.9. The Labute approximate surface area is 126 Å². The van der Waals surface area contributed by atoms with Crippen LogP contribution in [0.3, 0.4) is 0 Å². The molecule has 0 spiro atoms. The first-order valence-corrected chi connectivity index (χ1v) is 7.48. The Balaban J connectivity index is 1.78. The number of hydrogen-bond acceptors (Lipinski definition) is 4. The van der Waals surface area contributed by atoms with Gasteiger partial charge in [0.25, 0.3) is 0 Å². The van der Waals surface area contributed by atoms with E-state index < -0.39 is 0 Å². The van der Waals surface area contributed by atoms with E-state index in [4.69, 9.17) is 10.5 Å². The summed E-state index contributed by atoms with van der Waals surface area (Å²) >= 11 is 3.49. The van der Waals surface area contributed by atoms with Crippen molar-refractivity contribution in [2.24, 2.45) is 0 Å². The van der Waals surface area contributed by atoms with Gasteiger partial charge < -0.3 is 10.5 Å². The van der Waals surface area contributed by atoms with Crippen LogP contribution in [0.1, 0.15) is 31.0 Å². The van der Waals surface area contributed by atoms with Gasteiger partial charge in [0.1, 0.15) is 11.9 Å². The fraction of sp³-hybridized carbons (Fsp3) is 0.429. The Morgan fingerprint density at radius 1 is 1.50 bits per heavy atom. The minimum atomic E-state index is 0.0814. The molecule has 0 saturated carbocycles. The second-order valence-corrected chi connectivity index (χ2v) is 6.31. The second-order valence-electron chi connectivity index (χ2n) is 5.39. The van der Waals surface area contributed by atoms with E-state index in [2.05, 4.69) is 46.2 Å². The summed E-state index contributed by atoms with van der Waals surface area (Å²) in [6.45, 7) is 4.85. The van der Waals surface area contributed by atoms with Gasteiger partial charge in [-0.25, -0.2) is 4.68 Å². The zero-order chi connectivity index (χ0) is 14.3. The lowest BCUT2D eigenvalue weighted by molar-refractivity contribution is 0.200. The SMILES string of the molecule is CC(C)c1c(N)nnn1CC1Cc2cc(Br)ccc2O1. The number of benzene rings is 1. The summed E-state index contributed by atoms with van der Waals surface area (Å²) in [5.41, 5.74) is 8.08. The number of hydrogen-bond donors (Lipinski definition) is 1. The minimum Gasteiger partial charge on any atom is -0.488 e. The van der Waals surface area contributed by atoms with Crippen LogP contribution in [0.5, 0.6) is 5.75 Å². The van der Waals surface area contributed by atoms with Gasteiger partial charge in [-0.1, -0.05) is 35.0 Å². The van der Waals surface area contributed by atoms with Crippen LogP contribution in [0.15, 0.2) is 22.7 Å². The van der Waals surface area contributed by atoms with Crippen molar-refractivity contribution in [3.8, 4) is 5.75 Å². The number of nitrogens with zero attached hydrogens (tertiary/aromatic N) is 3. The molecule has 0 fully saturated rings. The van der Waals surface area contributed by atoms with Gasteiger partial charge in [0.15, 0.2) is 5.82 Å². The molecule has 1 atom stereocenters. The number of ether oxygens (including phenoxy) is 1. The molecule has 2 aromatic rings. The number of halogens is 1. The highest BCUT2D eigenvalue weighted by Gasteiger charge is 2.25. The zero-order valence-corrected chi connectivity index (χ0v) is 13.1. The fourth-order valence-electron chi connectivity index (χ4n) is 2.65. The molecule has 0 saturated heterocycles. The summed E-state index contributed by atoms with van der Waals surface area (Å²) in [7, 11) is 0. The number of nitrogens with two attached hydrogens (primary N) is 1. The van der Waals surface area contributed by atoms with E-state index in [9.17, 15) is 0 Å². The Morgan fingerprint density at radius 3 is 3.05 bits per heavy atom. The highest BCUT2D eigenvalue weighted by Crippen LogP contribution is 2.32. The summed E-state index contributed by atoms with van der Waals surface area (Å²) in [5.74, 6) is 1.76. The van der Waals surface area contributed by atoms with Gasteiger partial charge in [0.05, 0.1) is 12.2 Å². The number of anilines is 1. The molecular weight excluding hydrogens is 320 g/mol. The van der Waals surface area contributed by atoms with Crippen LogP contribution in [-0.2, 0) is 13.0 Å². The predicted molar refractivity (Wildman–Crippen MR) is 80.8 cm³/mol. The van der Waals surface area contributed by atoms with Gasteiger partial charge in [0.2, 0.25) is 0 Å². The average Bonchev–Trinajstić information content (AvgIpc) is 2.92. The van der Waals surface area contributed by atoms with Crippen molar-refractivity contribution in [2.75, 3.05) is 5.73 Å². The lowest BCUT2D eigenvalue weighted by Crippen LogP contribution is -2.23.